The first-order valence-electron chi connectivity index (χ1n) is 7.81. The van der Waals surface area contributed by atoms with Crippen LogP contribution in [0.3, 0.4) is 0 Å². The number of anilines is 2. The minimum absolute atomic E-state index is 0.0276. The Kier molecular flexibility index (Phi) is 4.57. The fraction of sp³-hybridized carbons (Fsp3) is 0.312. The minimum Gasteiger partial charge on any atom is -0.456 e. The lowest BCUT2D eigenvalue weighted by Gasteiger charge is -2.13. The molecule has 0 saturated heterocycles. The average molecular weight is 358 g/mol. The van der Waals surface area contributed by atoms with E-state index in [1.807, 2.05) is 0 Å². The molecule has 3 rings (SSSR count). The highest BCUT2D eigenvalue weighted by atomic mass is 16.5. The summed E-state index contributed by atoms with van der Waals surface area (Å²) in [6.45, 7) is 1.36. The van der Waals surface area contributed by atoms with Gasteiger partial charge in [0.05, 0.1) is 5.52 Å². The smallest absolute Gasteiger partial charge is 0.420 e. The molecule has 26 heavy (non-hydrogen) atoms. The fourth-order valence-corrected chi connectivity index (χ4v) is 2.40. The van der Waals surface area contributed by atoms with Gasteiger partial charge >= 0.3 is 11.7 Å². The summed E-state index contributed by atoms with van der Waals surface area (Å²) in [6.07, 6.45) is 0. The molecule has 0 fully saturated rings. The van der Waals surface area contributed by atoms with Gasteiger partial charge < -0.3 is 19.8 Å². The molecule has 1 aromatic carbocycles. The molecule has 2 N–H and O–H groups in total. The Morgan fingerprint density at radius 2 is 2.04 bits per heavy atom. The van der Waals surface area contributed by atoms with Crippen molar-refractivity contribution in [1.29, 1.82) is 0 Å². The first kappa shape index (κ1) is 17.4. The molecule has 136 valence electrons. The molecule has 2 aromatic heterocycles. The number of para-hydroxylation sites is 2. The molecule has 1 atom stereocenters. The zero-order chi connectivity index (χ0) is 18.8. The molecule has 0 radical (unpaired) electrons. The lowest BCUT2D eigenvalue weighted by Crippen LogP contribution is -2.26. The van der Waals surface area contributed by atoms with Crippen LogP contribution >= 0.6 is 0 Å². The van der Waals surface area contributed by atoms with Gasteiger partial charge in [-0.05, 0) is 19.1 Å². The Hall–Kier alpha value is -3.43. The summed E-state index contributed by atoms with van der Waals surface area (Å²) in [5, 5.41) is 0. The van der Waals surface area contributed by atoms with Gasteiger partial charge in [-0.1, -0.05) is 12.1 Å². The summed E-state index contributed by atoms with van der Waals surface area (Å²) in [6, 6.07) is 5.97. The molecule has 0 spiro atoms. The summed E-state index contributed by atoms with van der Waals surface area (Å²) in [4.78, 5) is 38.2. The quantitative estimate of drug-likeness (QED) is 0.656. The molecule has 0 aliphatic rings. The molecule has 10 heteroatoms. The van der Waals surface area contributed by atoms with Crippen molar-refractivity contribution in [2.45, 2.75) is 19.6 Å². The molecule has 0 aliphatic carbocycles. The van der Waals surface area contributed by atoms with Gasteiger partial charge in [0.1, 0.15) is 6.04 Å². The van der Waals surface area contributed by atoms with E-state index in [4.69, 9.17) is 14.9 Å². The van der Waals surface area contributed by atoms with E-state index >= 15 is 0 Å². The summed E-state index contributed by atoms with van der Waals surface area (Å²) in [5.74, 6) is -0.654. The lowest BCUT2D eigenvalue weighted by atomic mass is 10.3. The van der Waals surface area contributed by atoms with Crippen molar-refractivity contribution in [1.82, 2.24) is 19.5 Å². The number of benzene rings is 1. The number of nitrogens with zero attached hydrogens (tertiary/aromatic N) is 5. The second kappa shape index (κ2) is 6.82. The topological polar surface area (TPSA) is 129 Å². The van der Waals surface area contributed by atoms with Gasteiger partial charge in [0.25, 0.3) is 0 Å². The zero-order valence-corrected chi connectivity index (χ0v) is 14.5. The Morgan fingerprint density at radius 1 is 1.31 bits per heavy atom. The number of fused-ring (bicyclic) bond motifs is 1. The number of esters is 1. The fourth-order valence-electron chi connectivity index (χ4n) is 2.40. The third kappa shape index (κ3) is 3.34. The van der Waals surface area contributed by atoms with Gasteiger partial charge in [-0.2, -0.15) is 15.0 Å². The van der Waals surface area contributed by atoms with Crippen molar-refractivity contribution < 1.29 is 13.9 Å². The molecule has 0 bridgehead atoms. The Labute approximate surface area is 148 Å². The van der Waals surface area contributed by atoms with E-state index in [1.165, 1.54) is 4.57 Å². The van der Waals surface area contributed by atoms with Crippen LogP contribution in [-0.4, -0.2) is 39.6 Å². The van der Waals surface area contributed by atoms with Crippen LogP contribution in [0.4, 0.5) is 11.9 Å². The zero-order valence-electron chi connectivity index (χ0n) is 14.5. The van der Waals surface area contributed by atoms with E-state index in [1.54, 1.807) is 50.2 Å². The number of aromatic nitrogens is 4. The van der Waals surface area contributed by atoms with Crippen molar-refractivity contribution in [2.24, 2.45) is 0 Å². The number of hydrogen-bond acceptors (Lipinski definition) is 9. The minimum atomic E-state index is -0.876. The Morgan fingerprint density at radius 3 is 2.77 bits per heavy atom. The predicted octanol–water partition coefficient (Wildman–Crippen LogP) is 0.732. The largest absolute Gasteiger partial charge is 0.456 e. The molecule has 0 saturated carbocycles. The first-order chi connectivity index (χ1) is 12.4. The first-order valence-corrected chi connectivity index (χ1v) is 7.81. The molecule has 2 heterocycles. The van der Waals surface area contributed by atoms with Gasteiger partial charge in [0, 0.05) is 14.1 Å². The van der Waals surface area contributed by atoms with Crippen molar-refractivity contribution >= 4 is 29.0 Å². The number of oxazole rings is 1. The SMILES string of the molecule is C[C@@H](C(=O)OCc1nc(N)nc(N(C)C)n1)n1c(=O)oc2ccccc21. The van der Waals surface area contributed by atoms with Gasteiger partial charge in [-0.15, -0.1) is 0 Å². The monoisotopic (exact) mass is 358 g/mol. The van der Waals surface area contributed by atoms with Crippen LogP contribution in [0.15, 0.2) is 33.5 Å². The van der Waals surface area contributed by atoms with Crippen LogP contribution in [0.1, 0.15) is 18.8 Å². The number of carbonyl (C=O) groups excluding carboxylic acids is 1. The second-order valence-corrected chi connectivity index (χ2v) is 5.79. The van der Waals surface area contributed by atoms with E-state index < -0.39 is 17.8 Å². The van der Waals surface area contributed by atoms with Crippen LogP contribution < -0.4 is 16.4 Å². The summed E-state index contributed by atoms with van der Waals surface area (Å²) >= 11 is 0. The Bertz CT molecular complexity index is 1010. The molecular weight excluding hydrogens is 340 g/mol. The average Bonchev–Trinajstić information content (AvgIpc) is 2.94. The maximum atomic E-state index is 12.4. The van der Waals surface area contributed by atoms with E-state index in [2.05, 4.69) is 15.0 Å². The number of ether oxygens (including phenoxy) is 1. The number of carbonyl (C=O) groups is 1. The van der Waals surface area contributed by atoms with Crippen LogP contribution in [0, 0.1) is 0 Å². The van der Waals surface area contributed by atoms with Crippen LogP contribution in [0.5, 0.6) is 0 Å². The highest BCUT2D eigenvalue weighted by Gasteiger charge is 2.23. The van der Waals surface area contributed by atoms with E-state index in [0.29, 0.717) is 17.0 Å². The third-order valence-electron chi connectivity index (χ3n) is 3.68. The van der Waals surface area contributed by atoms with E-state index in [0.717, 1.165) is 0 Å². The second-order valence-electron chi connectivity index (χ2n) is 5.79. The molecule has 0 unspecified atom stereocenters. The summed E-state index contributed by atoms with van der Waals surface area (Å²) < 4.78 is 11.6. The highest BCUT2D eigenvalue weighted by molar-refractivity contribution is 5.79. The highest BCUT2D eigenvalue weighted by Crippen LogP contribution is 2.18. The lowest BCUT2D eigenvalue weighted by molar-refractivity contribution is -0.148. The molecule has 3 aromatic rings. The maximum absolute atomic E-state index is 12.4. The van der Waals surface area contributed by atoms with Crippen molar-refractivity contribution in [3.63, 3.8) is 0 Å². The van der Waals surface area contributed by atoms with Crippen LogP contribution in [-0.2, 0) is 16.1 Å². The molecule has 0 amide bonds. The Balaban J connectivity index is 1.78. The number of hydrogen-bond donors (Lipinski definition) is 1. The van der Waals surface area contributed by atoms with Gasteiger partial charge in [0.2, 0.25) is 11.9 Å². The van der Waals surface area contributed by atoms with Gasteiger partial charge in [-0.3, -0.25) is 4.57 Å². The van der Waals surface area contributed by atoms with Gasteiger partial charge in [0.15, 0.2) is 18.0 Å². The van der Waals surface area contributed by atoms with Crippen molar-refractivity contribution in [2.75, 3.05) is 24.7 Å². The number of nitrogen functional groups attached to an aromatic ring is 1. The van der Waals surface area contributed by atoms with Crippen molar-refractivity contribution in [3.05, 3.63) is 40.6 Å². The third-order valence-corrected chi connectivity index (χ3v) is 3.68. The normalized spacial score (nSPS) is 12.1. The molecule has 0 aliphatic heterocycles. The van der Waals surface area contributed by atoms with Gasteiger partial charge in [-0.25, -0.2) is 9.59 Å². The van der Waals surface area contributed by atoms with E-state index in [9.17, 15) is 9.59 Å². The predicted molar refractivity (Wildman–Crippen MR) is 93.5 cm³/mol. The van der Waals surface area contributed by atoms with Crippen LogP contribution in [0.25, 0.3) is 11.1 Å². The number of rotatable bonds is 5. The standard InChI is InChI=1S/C16H18N6O4/c1-9(22-10-6-4-5-7-11(10)26-16(22)24)13(23)25-8-12-18-14(17)20-15(19-12)21(2)3/h4-7,9H,8H2,1-3H3,(H2,17,18,19,20)/t9-/m0/s1. The number of nitrogens with two attached hydrogens (primary N) is 1. The van der Waals surface area contributed by atoms with E-state index in [-0.39, 0.29) is 18.4 Å². The summed E-state index contributed by atoms with van der Waals surface area (Å²) in [5.41, 5.74) is 6.55. The summed E-state index contributed by atoms with van der Waals surface area (Å²) in [7, 11) is 3.51. The van der Waals surface area contributed by atoms with Crippen LogP contribution in [0.2, 0.25) is 0 Å². The van der Waals surface area contributed by atoms with Crippen molar-refractivity contribution in [3.8, 4) is 0 Å². The molecular formula is C16H18N6O4. The maximum Gasteiger partial charge on any atom is 0.420 e. The molecule has 10 nitrogen and oxygen atoms in total.